The van der Waals surface area contributed by atoms with E-state index >= 15 is 0 Å². The van der Waals surface area contributed by atoms with Crippen LogP contribution in [0.4, 0.5) is 4.79 Å². The van der Waals surface area contributed by atoms with Gasteiger partial charge in [-0.05, 0) is 31.9 Å². The number of hydrogen-bond donors (Lipinski definition) is 2. The SMILES string of the molecule is CC(C#Cc1cccc(-c2cc(C3=CCCC=C3)on2)c1)N(O)C(N)=O. The van der Waals surface area contributed by atoms with Gasteiger partial charge in [-0.25, -0.2) is 4.79 Å². The van der Waals surface area contributed by atoms with Crippen molar-refractivity contribution in [2.45, 2.75) is 25.8 Å². The maximum atomic E-state index is 10.9. The van der Waals surface area contributed by atoms with Crippen molar-refractivity contribution in [2.75, 3.05) is 0 Å². The van der Waals surface area contributed by atoms with E-state index in [1.165, 1.54) is 0 Å². The van der Waals surface area contributed by atoms with Crippen LogP contribution in [0.15, 0.2) is 53.1 Å². The van der Waals surface area contributed by atoms with E-state index in [9.17, 15) is 10.0 Å². The third-order valence-corrected chi connectivity index (χ3v) is 3.97. The lowest BCUT2D eigenvalue weighted by Crippen LogP contribution is -2.38. The van der Waals surface area contributed by atoms with Crippen LogP contribution in [0.25, 0.3) is 16.8 Å². The number of urea groups is 1. The molecule has 1 aromatic heterocycles. The summed E-state index contributed by atoms with van der Waals surface area (Å²) in [6, 6.07) is 7.74. The number of allylic oxidation sites excluding steroid dienone is 4. The Bertz CT molecular complexity index is 931. The van der Waals surface area contributed by atoms with Gasteiger partial charge in [-0.2, -0.15) is 5.06 Å². The molecule has 3 rings (SSSR count). The highest BCUT2D eigenvalue weighted by Gasteiger charge is 2.12. The molecule has 0 saturated carbocycles. The van der Waals surface area contributed by atoms with Gasteiger partial charge in [-0.1, -0.05) is 47.4 Å². The molecule has 132 valence electrons. The number of hydroxylamine groups is 2. The van der Waals surface area contributed by atoms with Crippen LogP contribution < -0.4 is 5.73 Å². The van der Waals surface area contributed by atoms with E-state index in [2.05, 4.69) is 29.1 Å². The van der Waals surface area contributed by atoms with Gasteiger partial charge in [0.1, 0.15) is 11.7 Å². The first-order valence-corrected chi connectivity index (χ1v) is 8.28. The number of primary amides is 1. The topological polar surface area (TPSA) is 92.6 Å². The third kappa shape index (κ3) is 4.02. The summed E-state index contributed by atoms with van der Waals surface area (Å²) in [6.07, 6.45) is 8.33. The number of amides is 2. The summed E-state index contributed by atoms with van der Waals surface area (Å²) in [4.78, 5) is 10.9. The Morgan fingerprint density at radius 1 is 1.38 bits per heavy atom. The van der Waals surface area contributed by atoms with Crippen molar-refractivity contribution in [2.24, 2.45) is 5.73 Å². The normalized spacial score (nSPS) is 14.2. The van der Waals surface area contributed by atoms with E-state index in [0.717, 1.165) is 41.0 Å². The van der Waals surface area contributed by atoms with Crippen LogP contribution in [0, 0.1) is 11.8 Å². The highest BCUT2D eigenvalue weighted by Crippen LogP contribution is 2.26. The molecule has 1 aliphatic carbocycles. The first-order valence-electron chi connectivity index (χ1n) is 8.28. The van der Waals surface area contributed by atoms with E-state index in [1.807, 2.05) is 36.4 Å². The first-order chi connectivity index (χ1) is 12.5. The fraction of sp³-hybridized carbons (Fsp3) is 0.200. The lowest BCUT2D eigenvalue weighted by molar-refractivity contribution is -0.0536. The first kappa shape index (κ1) is 17.5. The molecule has 1 aromatic carbocycles. The molecule has 0 bridgehead atoms. The number of hydrogen-bond acceptors (Lipinski definition) is 4. The zero-order valence-electron chi connectivity index (χ0n) is 14.3. The molecule has 0 fully saturated rings. The molecule has 1 unspecified atom stereocenters. The summed E-state index contributed by atoms with van der Waals surface area (Å²) in [5, 5.41) is 14.0. The predicted octanol–water partition coefficient (Wildman–Crippen LogP) is 3.58. The second-order valence-electron chi connectivity index (χ2n) is 5.92. The molecule has 0 spiro atoms. The number of benzene rings is 1. The van der Waals surface area contributed by atoms with E-state index in [-0.39, 0.29) is 0 Å². The van der Waals surface area contributed by atoms with Crippen LogP contribution in [0.3, 0.4) is 0 Å². The van der Waals surface area contributed by atoms with Gasteiger partial charge in [-0.15, -0.1) is 0 Å². The Hall–Kier alpha value is -3.30. The van der Waals surface area contributed by atoms with Gasteiger partial charge in [0, 0.05) is 22.8 Å². The third-order valence-electron chi connectivity index (χ3n) is 3.97. The van der Waals surface area contributed by atoms with Crippen molar-refractivity contribution < 1.29 is 14.5 Å². The van der Waals surface area contributed by atoms with Crippen LogP contribution >= 0.6 is 0 Å². The number of nitrogens with two attached hydrogens (primary N) is 1. The highest BCUT2D eigenvalue weighted by atomic mass is 16.5. The maximum absolute atomic E-state index is 10.9. The minimum absolute atomic E-state index is 0.395. The van der Waals surface area contributed by atoms with Crippen molar-refractivity contribution >= 4 is 11.6 Å². The average Bonchev–Trinajstić information content (AvgIpc) is 3.16. The molecule has 0 saturated heterocycles. The number of carbonyl (C=O) groups excluding carboxylic acids is 1. The monoisotopic (exact) mass is 349 g/mol. The zero-order chi connectivity index (χ0) is 18.5. The van der Waals surface area contributed by atoms with Gasteiger partial charge in [-0.3, -0.25) is 5.21 Å². The summed E-state index contributed by atoms with van der Waals surface area (Å²) in [5.41, 5.74) is 8.37. The van der Waals surface area contributed by atoms with Gasteiger partial charge < -0.3 is 10.3 Å². The Morgan fingerprint density at radius 2 is 2.23 bits per heavy atom. The van der Waals surface area contributed by atoms with E-state index in [1.54, 1.807) is 6.92 Å². The van der Waals surface area contributed by atoms with E-state index in [0.29, 0.717) is 5.06 Å². The molecular weight excluding hydrogens is 330 g/mol. The standard InChI is InChI=1S/C20H19N3O3/c1-14(23(25)20(21)24)10-11-15-6-5-9-17(12-15)18-13-19(26-22-18)16-7-3-2-4-8-16/h3,5-9,12-14,25H,2,4H2,1H3,(H2,21,24). The lowest BCUT2D eigenvalue weighted by Gasteiger charge is -2.14. The molecule has 3 N–H and O–H groups in total. The number of rotatable bonds is 3. The molecule has 1 aliphatic rings. The summed E-state index contributed by atoms with van der Waals surface area (Å²) < 4.78 is 5.46. The summed E-state index contributed by atoms with van der Waals surface area (Å²) in [6.45, 7) is 1.58. The van der Waals surface area contributed by atoms with Crippen molar-refractivity contribution in [3.05, 3.63) is 59.9 Å². The highest BCUT2D eigenvalue weighted by molar-refractivity contribution is 5.74. The van der Waals surface area contributed by atoms with Crippen LogP contribution in [-0.4, -0.2) is 27.5 Å². The number of nitrogens with zero attached hydrogens (tertiary/aromatic N) is 2. The molecule has 2 amide bonds. The molecule has 2 aromatic rings. The quantitative estimate of drug-likeness (QED) is 0.503. The Labute approximate surface area is 151 Å². The van der Waals surface area contributed by atoms with Crippen LogP contribution in [0.5, 0.6) is 0 Å². The Kier molecular flexibility index (Phi) is 5.20. The van der Waals surface area contributed by atoms with Gasteiger partial charge in [0.15, 0.2) is 5.76 Å². The van der Waals surface area contributed by atoms with Gasteiger partial charge >= 0.3 is 6.03 Å². The number of aromatic nitrogens is 1. The Morgan fingerprint density at radius 3 is 2.96 bits per heavy atom. The molecule has 1 atom stereocenters. The molecule has 0 radical (unpaired) electrons. The smallest absolute Gasteiger partial charge is 0.339 e. The largest absolute Gasteiger partial charge is 0.356 e. The summed E-state index contributed by atoms with van der Waals surface area (Å²) in [5.74, 6) is 6.43. The van der Waals surface area contributed by atoms with E-state index in [4.69, 9.17) is 10.3 Å². The zero-order valence-corrected chi connectivity index (χ0v) is 14.3. The fourth-order valence-corrected chi connectivity index (χ4v) is 2.54. The fourth-order valence-electron chi connectivity index (χ4n) is 2.54. The second-order valence-corrected chi connectivity index (χ2v) is 5.92. The van der Waals surface area contributed by atoms with Crippen LogP contribution in [-0.2, 0) is 0 Å². The molecule has 6 nitrogen and oxygen atoms in total. The average molecular weight is 349 g/mol. The minimum atomic E-state index is -0.943. The molecule has 26 heavy (non-hydrogen) atoms. The predicted molar refractivity (Wildman–Crippen MR) is 97.8 cm³/mol. The van der Waals surface area contributed by atoms with Crippen molar-refractivity contribution in [1.82, 2.24) is 10.2 Å². The van der Waals surface area contributed by atoms with Gasteiger partial charge in [0.05, 0.1) is 0 Å². The van der Waals surface area contributed by atoms with E-state index < -0.39 is 12.1 Å². The second kappa shape index (κ2) is 7.72. The van der Waals surface area contributed by atoms with Gasteiger partial charge in [0.2, 0.25) is 0 Å². The molecule has 0 aliphatic heterocycles. The van der Waals surface area contributed by atoms with Crippen molar-refractivity contribution in [3.8, 4) is 23.1 Å². The lowest BCUT2D eigenvalue weighted by atomic mass is 10.0. The number of carbonyl (C=O) groups is 1. The minimum Gasteiger partial charge on any atom is -0.356 e. The molecular formula is C20H19N3O3. The Balaban J connectivity index is 1.80. The molecule has 1 heterocycles. The summed E-state index contributed by atoms with van der Waals surface area (Å²) >= 11 is 0. The van der Waals surface area contributed by atoms with Crippen LogP contribution in [0.2, 0.25) is 0 Å². The van der Waals surface area contributed by atoms with Gasteiger partial charge in [0.25, 0.3) is 0 Å². The maximum Gasteiger partial charge on any atom is 0.339 e. The van der Waals surface area contributed by atoms with Crippen molar-refractivity contribution in [3.63, 3.8) is 0 Å². The van der Waals surface area contributed by atoms with Crippen molar-refractivity contribution in [1.29, 1.82) is 0 Å². The molecule has 6 heteroatoms. The summed E-state index contributed by atoms with van der Waals surface area (Å²) in [7, 11) is 0. The van der Waals surface area contributed by atoms with Crippen LogP contribution in [0.1, 0.15) is 31.1 Å².